The van der Waals surface area contributed by atoms with E-state index in [0.29, 0.717) is 0 Å². The first kappa shape index (κ1) is 7.71. The van der Waals surface area contributed by atoms with E-state index in [1.165, 1.54) is 0 Å². The van der Waals surface area contributed by atoms with Gasteiger partial charge in [0.05, 0.1) is 5.92 Å². The van der Waals surface area contributed by atoms with Crippen molar-refractivity contribution in [3.63, 3.8) is 0 Å². The number of carbonyl (C=O) groups is 3. The van der Waals surface area contributed by atoms with Crippen molar-refractivity contribution in [2.75, 3.05) is 0 Å². The van der Waals surface area contributed by atoms with Crippen molar-refractivity contribution in [1.82, 2.24) is 5.32 Å². The third kappa shape index (κ3) is 1.76. The Bertz CT molecular complexity index is 207. The summed E-state index contributed by atoms with van der Waals surface area (Å²) in [6, 6.07) is 0. The van der Waals surface area contributed by atoms with E-state index in [0.717, 1.165) is 0 Å². The van der Waals surface area contributed by atoms with Gasteiger partial charge in [-0.1, -0.05) is 0 Å². The third-order valence-corrected chi connectivity index (χ3v) is 1.49. The van der Waals surface area contributed by atoms with E-state index in [-0.39, 0.29) is 12.8 Å². The molecule has 0 aliphatic carbocycles. The van der Waals surface area contributed by atoms with Gasteiger partial charge in [-0.2, -0.15) is 0 Å². The molecule has 5 heteroatoms. The molecule has 1 heterocycles. The van der Waals surface area contributed by atoms with Crippen LogP contribution in [0, 0.1) is 5.92 Å². The summed E-state index contributed by atoms with van der Waals surface area (Å²) in [4.78, 5) is 31.5. The summed E-state index contributed by atoms with van der Waals surface area (Å²) in [5.74, 6) is -2.94. The Balaban J connectivity index is 2.63. The van der Waals surface area contributed by atoms with E-state index in [9.17, 15) is 14.4 Å². The molecule has 1 saturated heterocycles. The molecule has 1 aliphatic rings. The van der Waals surface area contributed by atoms with Crippen molar-refractivity contribution in [1.29, 1.82) is 0 Å². The van der Waals surface area contributed by atoms with Crippen molar-refractivity contribution >= 4 is 17.8 Å². The lowest BCUT2D eigenvalue weighted by Gasteiger charge is -2.16. The largest absolute Gasteiger partial charge is 0.481 e. The van der Waals surface area contributed by atoms with Gasteiger partial charge in [0.2, 0.25) is 11.8 Å². The first-order valence-corrected chi connectivity index (χ1v) is 3.15. The molecule has 0 bridgehead atoms. The molecule has 0 radical (unpaired) electrons. The van der Waals surface area contributed by atoms with Crippen molar-refractivity contribution in [2.24, 2.45) is 5.92 Å². The molecule has 0 atom stereocenters. The van der Waals surface area contributed by atoms with Crippen LogP contribution in [0.3, 0.4) is 0 Å². The van der Waals surface area contributed by atoms with E-state index in [2.05, 4.69) is 0 Å². The summed E-state index contributed by atoms with van der Waals surface area (Å²) >= 11 is 0. The van der Waals surface area contributed by atoms with Crippen LogP contribution in [0.4, 0.5) is 0 Å². The van der Waals surface area contributed by atoms with E-state index in [1.807, 2.05) is 5.32 Å². The molecule has 0 saturated carbocycles. The zero-order valence-electron chi connectivity index (χ0n) is 5.66. The normalized spacial score (nSPS) is 19.6. The highest BCUT2D eigenvalue weighted by Gasteiger charge is 2.29. The molecule has 0 spiro atoms. The first-order chi connectivity index (χ1) is 5.09. The number of carboxylic acid groups (broad SMARTS) is 1. The summed E-state index contributed by atoms with van der Waals surface area (Å²) in [5.41, 5.74) is 0. The Labute approximate surface area is 62.4 Å². The summed E-state index contributed by atoms with van der Waals surface area (Å²) in [5, 5.41) is 10.5. The van der Waals surface area contributed by atoms with Gasteiger partial charge in [0.1, 0.15) is 0 Å². The molecule has 0 unspecified atom stereocenters. The smallest absolute Gasteiger partial charge is 0.307 e. The van der Waals surface area contributed by atoms with E-state index in [4.69, 9.17) is 5.11 Å². The molecular formula is C6H7NO4. The number of piperidine rings is 1. The van der Waals surface area contributed by atoms with Crippen LogP contribution in [0.2, 0.25) is 0 Å². The number of carboxylic acids is 1. The highest BCUT2D eigenvalue weighted by atomic mass is 16.4. The van der Waals surface area contributed by atoms with Crippen LogP contribution in [-0.2, 0) is 14.4 Å². The molecule has 1 aliphatic heterocycles. The molecule has 0 aromatic heterocycles. The van der Waals surface area contributed by atoms with Crippen LogP contribution in [0.1, 0.15) is 12.8 Å². The quantitative estimate of drug-likeness (QED) is 0.484. The summed E-state index contributed by atoms with van der Waals surface area (Å²) in [6.45, 7) is 0. The third-order valence-electron chi connectivity index (χ3n) is 1.49. The second-order valence-electron chi connectivity index (χ2n) is 2.41. The van der Waals surface area contributed by atoms with Crippen LogP contribution in [-0.4, -0.2) is 22.9 Å². The van der Waals surface area contributed by atoms with Gasteiger partial charge in [0.15, 0.2) is 0 Å². The second kappa shape index (κ2) is 2.69. The minimum Gasteiger partial charge on any atom is -0.481 e. The molecular weight excluding hydrogens is 150 g/mol. The minimum absolute atomic E-state index is 0.0962. The van der Waals surface area contributed by atoms with E-state index in [1.54, 1.807) is 0 Å². The maximum Gasteiger partial charge on any atom is 0.307 e. The average Bonchev–Trinajstić information content (AvgIpc) is 1.85. The fourth-order valence-electron chi connectivity index (χ4n) is 0.952. The Morgan fingerprint density at radius 2 is 1.82 bits per heavy atom. The number of hydrogen-bond donors (Lipinski definition) is 2. The van der Waals surface area contributed by atoms with Gasteiger partial charge in [0, 0.05) is 12.8 Å². The summed E-state index contributed by atoms with van der Waals surface area (Å²) < 4.78 is 0. The maximum absolute atomic E-state index is 10.6. The number of hydrogen-bond acceptors (Lipinski definition) is 3. The number of aliphatic carboxylic acids is 1. The molecule has 0 aromatic carbocycles. The molecule has 11 heavy (non-hydrogen) atoms. The number of amides is 2. The van der Waals surface area contributed by atoms with Gasteiger partial charge >= 0.3 is 5.97 Å². The predicted octanol–water partition coefficient (Wildman–Crippen LogP) is -0.876. The second-order valence-corrected chi connectivity index (χ2v) is 2.41. The fourth-order valence-corrected chi connectivity index (χ4v) is 0.952. The van der Waals surface area contributed by atoms with Crippen LogP contribution in [0.25, 0.3) is 0 Å². The van der Waals surface area contributed by atoms with Gasteiger partial charge in [-0.25, -0.2) is 0 Å². The predicted molar refractivity (Wildman–Crippen MR) is 33.5 cm³/mol. The van der Waals surface area contributed by atoms with Gasteiger partial charge in [-0.15, -0.1) is 0 Å². The number of nitrogens with one attached hydrogen (secondary N) is 1. The maximum atomic E-state index is 10.6. The standard InChI is InChI=1S/C6H7NO4/c8-4-1-3(6(10)11)2-5(9)7-4/h3H,1-2H2,(H,10,11)(H,7,8,9). The fraction of sp³-hybridized carbons (Fsp3) is 0.500. The van der Waals surface area contributed by atoms with E-state index < -0.39 is 23.7 Å². The van der Waals surface area contributed by atoms with Gasteiger partial charge in [-0.3, -0.25) is 19.7 Å². The summed E-state index contributed by atoms with van der Waals surface area (Å²) in [7, 11) is 0. The van der Waals surface area contributed by atoms with E-state index >= 15 is 0 Å². The molecule has 2 amide bonds. The lowest BCUT2D eigenvalue weighted by Crippen LogP contribution is -2.40. The molecule has 1 fully saturated rings. The lowest BCUT2D eigenvalue weighted by molar-refractivity contribution is -0.149. The Morgan fingerprint density at radius 1 is 1.36 bits per heavy atom. The van der Waals surface area contributed by atoms with Crippen LogP contribution in [0.5, 0.6) is 0 Å². The Kier molecular flexibility index (Phi) is 1.89. The molecule has 2 N–H and O–H groups in total. The lowest BCUT2D eigenvalue weighted by atomic mass is 9.97. The first-order valence-electron chi connectivity index (χ1n) is 3.15. The van der Waals surface area contributed by atoms with Crippen molar-refractivity contribution < 1.29 is 19.5 Å². The molecule has 0 aromatic rings. The van der Waals surface area contributed by atoms with Crippen molar-refractivity contribution in [2.45, 2.75) is 12.8 Å². The number of rotatable bonds is 1. The van der Waals surface area contributed by atoms with Crippen molar-refractivity contribution in [3.8, 4) is 0 Å². The molecule has 60 valence electrons. The zero-order chi connectivity index (χ0) is 8.43. The van der Waals surface area contributed by atoms with Gasteiger partial charge in [-0.05, 0) is 0 Å². The molecule has 5 nitrogen and oxygen atoms in total. The van der Waals surface area contributed by atoms with Gasteiger partial charge < -0.3 is 5.11 Å². The minimum atomic E-state index is -1.09. The monoisotopic (exact) mass is 157 g/mol. The highest BCUT2D eigenvalue weighted by molar-refractivity contribution is 6.00. The SMILES string of the molecule is O=C1CC(C(=O)O)CC(=O)N1. The highest BCUT2D eigenvalue weighted by Crippen LogP contribution is 2.12. The van der Waals surface area contributed by atoms with Crippen LogP contribution < -0.4 is 5.32 Å². The number of carbonyl (C=O) groups excluding carboxylic acids is 2. The van der Waals surface area contributed by atoms with Crippen LogP contribution in [0.15, 0.2) is 0 Å². The topological polar surface area (TPSA) is 83.5 Å². The number of imide groups is 1. The average molecular weight is 157 g/mol. The Hall–Kier alpha value is -1.39. The Morgan fingerprint density at radius 3 is 2.18 bits per heavy atom. The van der Waals surface area contributed by atoms with Gasteiger partial charge in [0.25, 0.3) is 0 Å². The van der Waals surface area contributed by atoms with Crippen LogP contribution >= 0.6 is 0 Å². The summed E-state index contributed by atoms with van der Waals surface area (Å²) in [6.07, 6.45) is -0.192. The molecule has 1 rings (SSSR count). The van der Waals surface area contributed by atoms with Crippen molar-refractivity contribution in [3.05, 3.63) is 0 Å². The zero-order valence-corrected chi connectivity index (χ0v) is 5.66.